The average Bonchev–Trinajstić information content (AvgIpc) is 3.54. The summed E-state index contributed by atoms with van der Waals surface area (Å²) >= 11 is 0. The van der Waals surface area contributed by atoms with Gasteiger partial charge in [-0.15, -0.1) is 0 Å². The minimum absolute atomic E-state index is 0.0194. The highest BCUT2D eigenvalue weighted by atomic mass is 28.3. The van der Waals surface area contributed by atoms with Crippen molar-refractivity contribution in [3.05, 3.63) is 40.3 Å². The van der Waals surface area contributed by atoms with Gasteiger partial charge in [0.25, 0.3) is 5.56 Å². The zero-order valence-corrected chi connectivity index (χ0v) is 23.9. The van der Waals surface area contributed by atoms with Gasteiger partial charge in [0.2, 0.25) is 0 Å². The average molecular weight is 550 g/mol. The van der Waals surface area contributed by atoms with Gasteiger partial charge < -0.3 is 23.9 Å². The zero-order chi connectivity index (χ0) is 27.7. The normalized spacial score (nSPS) is 14.4. The number of hydrogen-bond donors (Lipinski definition) is 1. The van der Waals surface area contributed by atoms with E-state index in [0.717, 1.165) is 18.9 Å². The molecule has 38 heavy (non-hydrogen) atoms. The molecule has 0 spiro atoms. The first-order valence-corrected chi connectivity index (χ1v) is 16.6. The van der Waals surface area contributed by atoms with Crippen molar-refractivity contribution < 1.29 is 27.7 Å². The third-order valence-electron chi connectivity index (χ3n) is 6.03. The molecular formula is C27H37F2N3O5Si. The molecule has 1 N–H and O–H groups in total. The van der Waals surface area contributed by atoms with Crippen molar-refractivity contribution in [1.82, 2.24) is 14.8 Å². The van der Waals surface area contributed by atoms with Crippen LogP contribution in [0.2, 0.25) is 25.7 Å². The third-order valence-corrected chi connectivity index (χ3v) is 7.74. The van der Waals surface area contributed by atoms with E-state index in [1.54, 1.807) is 18.3 Å². The fourth-order valence-corrected chi connectivity index (χ4v) is 4.58. The summed E-state index contributed by atoms with van der Waals surface area (Å²) in [5, 5.41) is 4.75. The van der Waals surface area contributed by atoms with Gasteiger partial charge in [-0.2, -0.15) is 13.9 Å². The summed E-state index contributed by atoms with van der Waals surface area (Å²) in [6.45, 7) is 10.4. The monoisotopic (exact) mass is 549 g/mol. The zero-order valence-electron chi connectivity index (χ0n) is 22.9. The number of ether oxygens (including phenoxy) is 4. The van der Waals surface area contributed by atoms with Crippen LogP contribution in [-0.4, -0.2) is 47.8 Å². The molecule has 0 unspecified atom stereocenters. The Morgan fingerprint density at radius 3 is 2.55 bits per heavy atom. The van der Waals surface area contributed by atoms with Gasteiger partial charge in [0.15, 0.2) is 11.5 Å². The van der Waals surface area contributed by atoms with Crippen molar-refractivity contribution in [3.8, 4) is 22.8 Å². The topological polar surface area (TPSA) is 87.6 Å². The lowest BCUT2D eigenvalue weighted by atomic mass is 10.1. The third kappa shape index (κ3) is 7.42. The maximum atomic E-state index is 13.5. The van der Waals surface area contributed by atoms with E-state index in [4.69, 9.17) is 14.2 Å². The molecule has 11 heteroatoms. The second-order valence-corrected chi connectivity index (χ2v) is 17.4. The van der Waals surface area contributed by atoms with Crippen LogP contribution >= 0.6 is 0 Å². The molecule has 0 amide bonds. The molecule has 2 heterocycles. The van der Waals surface area contributed by atoms with E-state index in [1.807, 2.05) is 20.8 Å². The minimum Gasteiger partial charge on any atom is -0.487 e. The lowest BCUT2D eigenvalue weighted by molar-refractivity contribution is -0.0516. The molecule has 0 atom stereocenters. The lowest BCUT2D eigenvalue weighted by Crippen LogP contribution is -2.27. The molecule has 8 nitrogen and oxygen atoms in total. The molecule has 0 saturated heterocycles. The Balaban J connectivity index is 1.73. The summed E-state index contributed by atoms with van der Waals surface area (Å²) in [5.74, 6) is 0.205. The second-order valence-electron chi connectivity index (χ2n) is 11.8. The Morgan fingerprint density at radius 2 is 1.92 bits per heavy atom. The van der Waals surface area contributed by atoms with E-state index in [0.29, 0.717) is 34.3 Å². The standard InChI is InChI=1S/C27H37F2N3O5Si/c1-27(2,3)35-15-19-23-20(14-30-32(25(23)33)16-34-11-12-38(4,5)6)31-24(19)17-7-10-21(37-26(28)29)22(13-17)36-18-8-9-18/h7,10,13-14,18,26,31H,8-9,11-12,15-16H2,1-6H3. The van der Waals surface area contributed by atoms with Crippen LogP contribution in [-0.2, 0) is 22.8 Å². The van der Waals surface area contributed by atoms with Crippen LogP contribution in [0, 0.1) is 0 Å². The van der Waals surface area contributed by atoms with Crippen molar-refractivity contribution in [2.24, 2.45) is 0 Å². The van der Waals surface area contributed by atoms with Crippen LogP contribution in [0.4, 0.5) is 8.78 Å². The first-order chi connectivity index (χ1) is 17.8. The molecular weight excluding hydrogens is 512 g/mol. The predicted molar refractivity (Wildman–Crippen MR) is 145 cm³/mol. The molecule has 1 aliphatic rings. The summed E-state index contributed by atoms with van der Waals surface area (Å²) in [4.78, 5) is 16.8. The Hall–Kier alpha value is -2.76. The Labute approximate surface area is 222 Å². The number of hydrogen-bond acceptors (Lipinski definition) is 6. The van der Waals surface area contributed by atoms with Crippen LogP contribution < -0.4 is 15.0 Å². The first kappa shape index (κ1) is 28.3. The van der Waals surface area contributed by atoms with E-state index in [-0.39, 0.29) is 36.5 Å². The number of halogens is 2. The number of aromatic amines is 1. The summed E-state index contributed by atoms with van der Waals surface area (Å²) < 4.78 is 49.7. The minimum atomic E-state index is -2.97. The van der Waals surface area contributed by atoms with Crippen LogP contribution in [0.25, 0.3) is 22.2 Å². The van der Waals surface area contributed by atoms with E-state index in [2.05, 4.69) is 34.5 Å². The largest absolute Gasteiger partial charge is 0.487 e. The smallest absolute Gasteiger partial charge is 0.387 e. The quantitative estimate of drug-likeness (QED) is 0.215. The summed E-state index contributed by atoms with van der Waals surface area (Å²) in [6.07, 6.45) is 3.30. The highest BCUT2D eigenvalue weighted by molar-refractivity contribution is 6.76. The first-order valence-electron chi connectivity index (χ1n) is 12.9. The molecule has 1 fully saturated rings. The number of rotatable bonds is 12. The molecule has 4 rings (SSSR count). The summed E-state index contributed by atoms with van der Waals surface area (Å²) in [7, 11) is -1.26. The number of aromatic nitrogens is 3. The van der Waals surface area contributed by atoms with Crippen molar-refractivity contribution in [3.63, 3.8) is 0 Å². The molecule has 1 saturated carbocycles. The van der Waals surface area contributed by atoms with Gasteiger partial charge in [-0.05, 0) is 57.9 Å². The molecule has 1 aliphatic carbocycles. The number of H-pyrrole nitrogens is 1. The Kier molecular flexibility index (Phi) is 8.29. The van der Waals surface area contributed by atoms with E-state index in [9.17, 15) is 13.6 Å². The van der Waals surface area contributed by atoms with Gasteiger partial charge in [0.05, 0.1) is 41.1 Å². The van der Waals surface area contributed by atoms with Gasteiger partial charge in [-0.25, -0.2) is 4.68 Å². The number of nitrogens with one attached hydrogen (secondary N) is 1. The van der Waals surface area contributed by atoms with Gasteiger partial charge >= 0.3 is 6.61 Å². The number of fused-ring (bicyclic) bond motifs is 1. The predicted octanol–water partition coefficient (Wildman–Crippen LogP) is 6.16. The van der Waals surface area contributed by atoms with E-state index >= 15 is 0 Å². The van der Waals surface area contributed by atoms with E-state index < -0.39 is 20.3 Å². The maximum Gasteiger partial charge on any atom is 0.387 e. The summed E-state index contributed by atoms with van der Waals surface area (Å²) in [6, 6.07) is 5.77. The fourth-order valence-electron chi connectivity index (χ4n) is 3.83. The molecule has 0 aliphatic heterocycles. The van der Waals surface area contributed by atoms with Crippen molar-refractivity contribution in [2.45, 2.75) is 91.0 Å². The highest BCUT2D eigenvalue weighted by Crippen LogP contribution is 2.39. The van der Waals surface area contributed by atoms with Gasteiger partial charge in [-0.3, -0.25) is 4.79 Å². The molecule has 2 aromatic heterocycles. The van der Waals surface area contributed by atoms with Crippen molar-refractivity contribution in [1.29, 1.82) is 0 Å². The molecule has 208 valence electrons. The summed E-state index contributed by atoms with van der Waals surface area (Å²) in [5.41, 5.74) is 1.74. The van der Waals surface area contributed by atoms with Crippen LogP contribution in [0.1, 0.15) is 39.2 Å². The Morgan fingerprint density at radius 1 is 1.18 bits per heavy atom. The number of alkyl halides is 2. The molecule has 1 aromatic carbocycles. The fraction of sp³-hybridized carbons (Fsp3) is 0.556. The Bertz CT molecular complexity index is 1320. The molecule has 0 bridgehead atoms. The van der Waals surface area contributed by atoms with Crippen LogP contribution in [0.5, 0.6) is 11.5 Å². The van der Waals surface area contributed by atoms with Crippen LogP contribution in [0.15, 0.2) is 29.2 Å². The van der Waals surface area contributed by atoms with E-state index in [1.165, 1.54) is 10.7 Å². The van der Waals surface area contributed by atoms with Crippen LogP contribution in [0.3, 0.4) is 0 Å². The van der Waals surface area contributed by atoms with Crippen molar-refractivity contribution >= 4 is 19.0 Å². The van der Waals surface area contributed by atoms with Gasteiger partial charge in [0.1, 0.15) is 6.73 Å². The lowest BCUT2D eigenvalue weighted by Gasteiger charge is -2.20. The maximum absolute atomic E-state index is 13.5. The highest BCUT2D eigenvalue weighted by Gasteiger charge is 2.27. The molecule has 0 radical (unpaired) electrons. The number of benzene rings is 1. The van der Waals surface area contributed by atoms with Gasteiger partial charge in [0, 0.05) is 25.8 Å². The number of nitrogens with zero attached hydrogens (tertiary/aromatic N) is 2. The van der Waals surface area contributed by atoms with Gasteiger partial charge in [-0.1, -0.05) is 19.6 Å². The SMILES string of the molecule is CC(C)(C)OCc1c(-c2ccc(OC(F)F)c(OC3CC3)c2)[nH]c2cnn(COCC[Si](C)(C)C)c(=O)c12. The van der Waals surface area contributed by atoms with Crippen molar-refractivity contribution in [2.75, 3.05) is 6.61 Å². The molecule has 3 aromatic rings. The second kappa shape index (κ2) is 11.2.